The summed E-state index contributed by atoms with van der Waals surface area (Å²) in [5, 5.41) is 11.0. The monoisotopic (exact) mass is 335 g/mol. The van der Waals surface area contributed by atoms with Crippen LogP contribution >= 0.6 is 0 Å². The van der Waals surface area contributed by atoms with E-state index in [0.717, 1.165) is 5.56 Å². The zero-order chi connectivity index (χ0) is 17.9. The molecule has 0 bridgehead atoms. The van der Waals surface area contributed by atoms with Crippen molar-refractivity contribution in [1.82, 2.24) is 0 Å². The van der Waals surface area contributed by atoms with Gasteiger partial charge in [0.2, 0.25) is 0 Å². The molecular formula is C17H21NO6. The quantitative estimate of drug-likeness (QED) is 0.502. The summed E-state index contributed by atoms with van der Waals surface area (Å²) in [5.74, 6) is -1.16. The van der Waals surface area contributed by atoms with Crippen LogP contribution in [0.1, 0.15) is 38.2 Å². The highest BCUT2D eigenvalue weighted by Crippen LogP contribution is 2.12. The lowest BCUT2D eigenvalue weighted by molar-refractivity contribution is -0.137. The van der Waals surface area contributed by atoms with Crippen LogP contribution in [0, 0.1) is 0 Å². The zero-order valence-corrected chi connectivity index (χ0v) is 13.5. The standard InChI is InChI=1S/C17H21NO6/c1-12(19)11-15(20)9-6-13-4-7-14(8-5-13)18-17(23)24-10-2-3-16(21)22/h4-5,7-8H,2-3,6,9-11H2,1H3,(H,18,23)(H,21,22). The van der Waals surface area contributed by atoms with Crippen molar-refractivity contribution < 1.29 is 29.0 Å². The molecule has 1 amide bonds. The smallest absolute Gasteiger partial charge is 0.411 e. The van der Waals surface area contributed by atoms with Gasteiger partial charge in [-0.3, -0.25) is 19.7 Å². The van der Waals surface area contributed by atoms with E-state index in [-0.39, 0.29) is 37.4 Å². The molecule has 1 aromatic carbocycles. The third kappa shape index (κ3) is 8.67. The van der Waals surface area contributed by atoms with E-state index in [1.54, 1.807) is 24.3 Å². The summed E-state index contributed by atoms with van der Waals surface area (Å²) < 4.78 is 4.85. The number of hydrogen-bond acceptors (Lipinski definition) is 5. The first-order valence-corrected chi connectivity index (χ1v) is 7.62. The molecule has 2 N–H and O–H groups in total. The number of nitrogens with one attached hydrogen (secondary N) is 1. The molecular weight excluding hydrogens is 314 g/mol. The van der Waals surface area contributed by atoms with Crippen molar-refractivity contribution in [3.05, 3.63) is 29.8 Å². The van der Waals surface area contributed by atoms with Crippen molar-refractivity contribution in [2.24, 2.45) is 0 Å². The SMILES string of the molecule is CC(=O)CC(=O)CCc1ccc(NC(=O)OCCCC(=O)O)cc1. The van der Waals surface area contributed by atoms with Crippen molar-refractivity contribution >= 4 is 29.3 Å². The number of carboxylic acid groups (broad SMARTS) is 1. The molecule has 0 spiro atoms. The van der Waals surface area contributed by atoms with Gasteiger partial charge < -0.3 is 9.84 Å². The summed E-state index contributed by atoms with van der Waals surface area (Å²) in [7, 11) is 0. The highest BCUT2D eigenvalue weighted by atomic mass is 16.5. The molecule has 0 heterocycles. The van der Waals surface area contributed by atoms with E-state index in [2.05, 4.69) is 5.32 Å². The molecule has 7 heteroatoms. The predicted molar refractivity (Wildman–Crippen MR) is 86.9 cm³/mol. The van der Waals surface area contributed by atoms with E-state index < -0.39 is 12.1 Å². The first kappa shape index (κ1) is 19.3. The summed E-state index contributed by atoms with van der Waals surface area (Å²) in [5.41, 5.74) is 1.46. The van der Waals surface area contributed by atoms with Gasteiger partial charge in [-0.15, -0.1) is 0 Å². The average Bonchev–Trinajstić information content (AvgIpc) is 2.50. The molecule has 1 aromatic rings. The van der Waals surface area contributed by atoms with Crippen molar-refractivity contribution in [3.8, 4) is 0 Å². The second kappa shape index (κ2) is 10.1. The highest BCUT2D eigenvalue weighted by Gasteiger charge is 2.07. The van der Waals surface area contributed by atoms with E-state index in [1.165, 1.54) is 6.92 Å². The van der Waals surface area contributed by atoms with Crippen LogP contribution in [0.5, 0.6) is 0 Å². The van der Waals surface area contributed by atoms with Crippen LogP contribution in [0.2, 0.25) is 0 Å². The second-order valence-electron chi connectivity index (χ2n) is 5.37. The molecule has 0 saturated carbocycles. The van der Waals surface area contributed by atoms with Gasteiger partial charge in [0.15, 0.2) is 0 Å². The summed E-state index contributed by atoms with van der Waals surface area (Å²) >= 11 is 0. The number of aryl methyl sites for hydroxylation is 1. The Bertz CT molecular complexity index is 594. The number of hydrogen-bond donors (Lipinski definition) is 2. The van der Waals surface area contributed by atoms with Gasteiger partial charge in [-0.05, 0) is 37.5 Å². The third-order valence-electron chi connectivity index (χ3n) is 3.11. The van der Waals surface area contributed by atoms with Crippen LogP contribution in [0.4, 0.5) is 10.5 Å². The number of rotatable bonds is 10. The Morgan fingerprint density at radius 3 is 2.33 bits per heavy atom. The Morgan fingerprint density at radius 1 is 1.08 bits per heavy atom. The van der Waals surface area contributed by atoms with E-state index in [0.29, 0.717) is 18.5 Å². The fourth-order valence-corrected chi connectivity index (χ4v) is 1.95. The molecule has 7 nitrogen and oxygen atoms in total. The number of benzene rings is 1. The van der Waals surface area contributed by atoms with Crippen molar-refractivity contribution in [2.75, 3.05) is 11.9 Å². The van der Waals surface area contributed by atoms with Crippen LogP contribution in [0.25, 0.3) is 0 Å². The van der Waals surface area contributed by atoms with Gasteiger partial charge in [0.25, 0.3) is 0 Å². The number of anilines is 1. The predicted octanol–water partition coefficient (Wildman–Crippen LogP) is 2.58. The summed E-state index contributed by atoms with van der Waals surface area (Å²) in [4.78, 5) is 44.1. The van der Waals surface area contributed by atoms with E-state index in [4.69, 9.17) is 9.84 Å². The molecule has 130 valence electrons. The lowest BCUT2D eigenvalue weighted by atomic mass is 10.0. The summed E-state index contributed by atoms with van der Waals surface area (Å²) in [6.45, 7) is 1.42. The molecule has 0 saturated heterocycles. The van der Waals surface area contributed by atoms with Gasteiger partial charge in [0, 0.05) is 18.5 Å². The van der Waals surface area contributed by atoms with Crippen LogP contribution in [-0.4, -0.2) is 35.3 Å². The van der Waals surface area contributed by atoms with Crippen LogP contribution < -0.4 is 5.32 Å². The molecule has 0 aromatic heterocycles. The number of ketones is 2. The maximum absolute atomic E-state index is 11.5. The first-order chi connectivity index (χ1) is 11.4. The fraction of sp³-hybridized carbons (Fsp3) is 0.412. The minimum Gasteiger partial charge on any atom is -0.481 e. The minimum absolute atomic E-state index is 0.0344. The molecule has 0 aliphatic carbocycles. The normalized spacial score (nSPS) is 10.0. The number of carbonyl (C=O) groups excluding carboxylic acids is 3. The van der Waals surface area contributed by atoms with E-state index >= 15 is 0 Å². The Hall–Kier alpha value is -2.70. The van der Waals surface area contributed by atoms with Crippen LogP contribution in [-0.2, 0) is 25.5 Å². The second-order valence-corrected chi connectivity index (χ2v) is 5.37. The van der Waals surface area contributed by atoms with Crippen molar-refractivity contribution in [1.29, 1.82) is 0 Å². The highest BCUT2D eigenvalue weighted by molar-refractivity contribution is 5.97. The number of ether oxygens (including phenoxy) is 1. The van der Waals surface area contributed by atoms with Gasteiger partial charge >= 0.3 is 12.1 Å². The zero-order valence-electron chi connectivity index (χ0n) is 13.5. The summed E-state index contributed by atoms with van der Waals surface area (Å²) in [6.07, 6.45) is 0.363. The molecule has 0 fully saturated rings. The van der Waals surface area contributed by atoms with Crippen molar-refractivity contribution in [3.63, 3.8) is 0 Å². The first-order valence-electron chi connectivity index (χ1n) is 7.62. The molecule has 0 unspecified atom stereocenters. The van der Waals surface area contributed by atoms with Gasteiger partial charge in [-0.1, -0.05) is 12.1 Å². The number of aliphatic carboxylic acids is 1. The Kier molecular flexibility index (Phi) is 8.18. The van der Waals surface area contributed by atoms with Gasteiger partial charge in [-0.25, -0.2) is 4.79 Å². The van der Waals surface area contributed by atoms with Crippen molar-refractivity contribution in [2.45, 2.75) is 39.0 Å². The fourth-order valence-electron chi connectivity index (χ4n) is 1.95. The molecule has 24 heavy (non-hydrogen) atoms. The van der Waals surface area contributed by atoms with Crippen LogP contribution in [0.3, 0.4) is 0 Å². The number of carboxylic acids is 1. The summed E-state index contributed by atoms with van der Waals surface area (Å²) in [6, 6.07) is 6.93. The van der Waals surface area contributed by atoms with Crippen LogP contribution in [0.15, 0.2) is 24.3 Å². The Balaban J connectivity index is 2.33. The van der Waals surface area contributed by atoms with Gasteiger partial charge in [0.1, 0.15) is 11.6 Å². The molecule has 1 rings (SSSR count). The lowest BCUT2D eigenvalue weighted by Crippen LogP contribution is -2.14. The largest absolute Gasteiger partial charge is 0.481 e. The number of Topliss-reactive ketones (excluding diaryl/α,β-unsaturated/α-hetero) is 2. The van der Waals surface area contributed by atoms with Gasteiger partial charge in [-0.2, -0.15) is 0 Å². The Morgan fingerprint density at radius 2 is 1.75 bits per heavy atom. The molecule has 0 aliphatic heterocycles. The Labute approximate surface area is 140 Å². The lowest BCUT2D eigenvalue weighted by Gasteiger charge is -2.07. The number of carbonyl (C=O) groups is 4. The molecule has 0 aliphatic rings. The maximum atomic E-state index is 11.5. The van der Waals surface area contributed by atoms with E-state index in [9.17, 15) is 19.2 Å². The van der Waals surface area contributed by atoms with Gasteiger partial charge in [0.05, 0.1) is 13.0 Å². The third-order valence-corrected chi connectivity index (χ3v) is 3.11. The average molecular weight is 335 g/mol. The number of amides is 1. The topological polar surface area (TPSA) is 110 Å². The van der Waals surface area contributed by atoms with E-state index in [1.807, 2.05) is 0 Å². The maximum Gasteiger partial charge on any atom is 0.411 e. The minimum atomic E-state index is -0.934. The molecule has 0 atom stereocenters. The molecule has 0 radical (unpaired) electrons.